The van der Waals surface area contributed by atoms with Crippen LogP contribution in [0.15, 0.2) is 24.3 Å². The Balaban J connectivity index is 1.40. The lowest BCUT2D eigenvalue weighted by Gasteiger charge is -2.30. The van der Waals surface area contributed by atoms with Crippen molar-refractivity contribution < 1.29 is 4.79 Å². The number of tetrazole rings is 1. The Labute approximate surface area is 147 Å². The molecule has 1 aliphatic carbocycles. The summed E-state index contributed by atoms with van der Waals surface area (Å²) in [5.41, 5.74) is 1.67. The minimum Gasteiger partial charge on any atom is -0.325 e. The number of carbonyl (C=O) groups is 1. The van der Waals surface area contributed by atoms with Crippen molar-refractivity contribution in [3.05, 3.63) is 24.3 Å². The molecule has 2 atom stereocenters. The second kappa shape index (κ2) is 7.31. The summed E-state index contributed by atoms with van der Waals surface area (Å²) in [4.78, 5) is 12.8. The van der Waals surface area contributed by atoms with Crippen molar-refractivity contribution in [2.75, 3.05) is 11.9 Å². The molecule has 132 valence electrons. The van der Waals surface area contributed by atoms with Crippen molar-refractivity contribution in [1.82, 2.24) is 25.9 Å². The molecule has 1 amide bonds. The number of anilines is 1. The van der Waals surface area contributed by atoms with Crippen LogP contribution in [-0.2, 0) is 4.79 Å². The summed E-state index contributed by atoms with van der Waals surface area (Å²) in [7, 11) is 0. The lowest BCUT2D eigenvalue weighted by molar-refractivity contribution is -0.119. The van der Waals surface area contributed by atoms with Gasteiger partial charge in [0.15, 0.2) is 0 Å². The Morgan fingerprint density at radius 2 is 1.88 bits per heavy atom. The maximum atomic E-state index is 12.8. The summed E-state index contributed by atoms with van der Waals surface area (Å²) in [5.74, 6) is 1.80. The van der Waals surface area contributed by atoms with Gasteiger partial charge in [0.25, 0.3) is 0 Å². The van der Waals surface area contributed by atoms with E-state index in [1.807, 2.05) is 24.3 Å². The van der Waals surface area contributed by atoms with Crippen molar-refractivity contribution in [3.8, 4) is 11.4 Å². The van der Waals surface area contributed by atoms with Crippen LogP contribution in [0.25, 0.3) is 11.4 Å². The van der Waals surface area contributed by atoms with E-state index in [9.17, 15) is 4.79 Å². The standard InChI is InChI=1S/C18H24N6O/c25-18(16-15(10-11-19-16)12-4-2-1-3-5-12)20-14-8-6-13(7-9-14)17-21-23-24-22-17/h6-9,12,15-16,19H,1-5,10-11H2,(H,20,25)(H,21,22,23,24)/t15-,16-/m0/s1. The lowest BCUT2D eigenvalue weighted by atomic mass is 9.76. The molecule has 0 unspecified atom stereocenters. The van der Waals surface area contributed by atoms with Gasteiger partial charge in [-0.1, -0.05) is 32.1 Å². The Hall–Kier alpha value is -2.28. The molecule has 1 aromatic carbocycles. The fourth-order valence-corrected chi connectivity index (χ4v) is 4.29. The number of rotatable bonds is 4. The Bertz CT molecular complexity index is 693. The first-order valence-corrected chi connectivity index (χ1v) is 9.19. The Morgan fingerprint density at radius 3 is 2.60 bits per heavy atom. The van der Waals surface area contributed by atoms with Crippen LogP contribution < -0.4 is 10.6 Å². The molecule has 3 N–H and O–H groups in total. The Kier molecular flexibility index (Phi) is 4.74. The van der Waals surface area contributed by atoms with Crippen LogP contribution in [0.1, 0.15) is 38.5 Å². The van der Waals surface area contributed by atoms with Gasteiger partial charge in [0.05, 0.1) is 6.04 Å². The van der Waals surface area contributed by atoms with Gasteiger partial charge in [-0.3, -0.25) is 4.79 Å². The number of nitrogens with zero attached hydrogens (tertiary/aromatic N) is 3. The van der Waals surface area contributed by atoms with E-state index in [-0.39, 0.29) is 11.9 Å². The molecular formula is C18H24N6O. The van der Waals surface area contributed by atoms with E-state index < -0.39 is 0 Å². The summed E-state index contributed by atoms with van der Waals surface area (Å²) < 4.78 is 0. The first-order valence-electron chi connectivity index (χ1n) is 9.19. The van der Waals surface area contributed by atoms with Crippen LogP contribution in [-0.4, -0.2) is 39.1 Å². The zero-order valence-electron chi connectivity index (χ0n) is 14.2. The zero-order chi connectivity index (χ0) is 17.1. The predicted molar refractivity (Wildman–Crippen MR) is 94.7 cm³/mol. The first kappa shape index (κ1) is 16.2. The van der Waals surface area contributed by atoms with Gasteiger partial charge in [-0.2, -0.15) is 5.21 Å². The van der Waals surface area contributed by atoms with Gasteiger partial charge in [-0.15, -0.1) is 10.2 Å². The van der Waals surface area contributed by atoms with E-state index in [1.54, 1.807) is 0 Å². The number of amides is 1. The molecule has 7 heteroatoms. The number of aromatic amines is 1. The van der Waals surface area contributed by atoms with E-state index >= 15 is 0 Å². The van der Waals surface area contributed by atoms with Crippen LogP contribution in [0.3, 0.4) is 0 Å². The monoisotopic (exact) mass is 340 g/mol. The van der Waals surface area contributed by atoms with E-state index in [1.165, 1.54) is 32.1 Å². The van der Waals surface area contributed by atoms with Gasteiger partial charge < -0.3 is 10.6 Å². The summed E-state index contributed by atoms with van der Waals surface area (Å²) in [6.07, 6.45) is 7.63. The van der Waals surface area contributed by atoms with Crippen molar-refractivity contribution in [2.24, 2.45) is 11.8 Å². The topological polar surface area (TPSA) is 95.6 Å². The fourth-order valence-electron chi connectivity index (χ4n) is 4.29. The van der Waals surface area contributed by atoms with E-state index in [2.05, 4.69) is 31.3 Å². The average molecular weight is 340 g/mol. The predicted octanol–water partition coefficient (Wildman–Crippen LogP) is 2.36. The highest BCUT2D eigenvalue weighted by molar-refractivity contribution is 5.95. The molecule has 2 aliphatic rings. The summed E-state index contributed by atoms with van der Waals surface area (Å²) in [5, 5.41) is 20.4. The Morgan fingerprint density at radius 1 is 1.08 bits per heavy atom. The summed E-state index contributed by atoms with van der Waals surface area (Å²) in [6.45, 7) is 0.940. The maximum Gasteiger partial charge on any atom is 0.241 e. The number of nitrogens with one attached hydrogen (secondary N) is 3. The highest BCUT2D eigenvalue weighted by Crippen LogP contribution is 2.36. The first-order chi connectivity index (χ1) is 12.3. The van der Waals surface area contributed by atoms with Gasteiger partial charge in [0.2, 0.25) is 11.7 Å². The van der Waals surface area contributed by atoms with Crippen molar-refractivity contribution in [3.63, 3.8) is 0 Å². The maximum absolute atomic E-state index is 12.8. The van der Waals surface area contributed by atoms with Crippen LogP contribution in [0, 0.1) is 11.8 Å². The molecule has 0 radical (unpaired) electrons. The minimum absolute atomic E-state index is 0.0695. The van der Waals surface area contributed by atoms with Crippen LogP contribution in [0.4, 0.5) is 5.69 Å². The molecule has 2 fully saturated rings. The SMILES string of the molecule is O=C(Nc1ccc(-c2nn[nH]n2)cc1)[C@H]1NCC[C@H]1C1CCCCC1. The number of H-pyrrole nitrogens is 1. The average Bonchev–Trinajstić information content (AvgIpc) is 3.35. The molecule has 2 heterocycles. The molecule has 1 saturated carbocycles. The second-order valence-corrected chi connectivity index (χ2v) is 7.08. The molecule has 4 rings (SSSR count). The minimum atomic E-state index is -0.0695. The molecule has 25 heavy (non-hydrogen) atoms. The normalized spacial score (nSPS) is 24.3. The largest absolute Gasteiger partial charge is 0.325 e. The van der Waals surface area contributed by atoms with Crippen molar-refractivity contribution >= 4 is 11.6 Å². The van der Waals surface area contributed by atoms with E-state index in [0.717, 1.165) is 24.2 Å². The fraction of sp³-hybridized carbons (Fsp3) is 0.556. The van der Waals surface area contributed by atoms with Gasteiger partial charge in [-0.25, -0.2) is 0 Å². The van der Waals surface area contributed by atoms with Crippen LogP contribution in [0.2, 0.25) is 0 Å². The molecule has 0 bridgehead atoms. The zero-order valence-corrected chi connectivity index (χ0v) is 14.2. The quantitative estimate of drug-likeness (QED) is 0.794. The molecule has 1 aromatic heterocycles. The third-order valence-electron chi connectivity index (χ3n) is 5.56. The van der Waals surface area contributed by atoms with Gasteiger partial charge in [-0.05, 0) is 54.3 Å². The number of aromatic nitrogens is 4. The number of hydrogen-bond donors (Lipinski definition) is 3. The number of hydrogen-bond acceptors (Lipinski definition) is 5. The molecule has 2 aromatic rings. The van der Waals surface area contributed by atoms with E-state index in [4.69, 9.17) is 0 Å². The third kappa shape index (κ3) is 3.56. The molecule has 1 aliphatic heterocycles. The van der Waals surface area contributed by atoms with Crippen molar-refractivity contribution in [1.29, 1.82) is 0 Å². The van der Waals surface area contributed by atoms with Crippen LogP contribution >= 0.6 is 0 Å². The highest BCUT2D eigenvalue weighted by atomic mass is 16.2. The molecule has 0 spiro atoms. The number of carbonyl (C=O) groups excluding carboxylic acids is 1. The van der Waals surface area contributed by atoms with E-state index in [0.29, 0.717) is 17.7 Å². The summed E-state index contributed by atoms with van der Waals surface area (Å²) >= 11 is 0. The number of benzene rings is 1. The lowest BCUT2D eigenvalue weighted by Crippen LogP contribution is -2.42. The van der Waals surface area contributed by atoms with Gasteiger partial charge in [0.1, 0.15) is 0 Å². The summed E-state index contributed by atoms with van der Waals surface area (Å²) in [6, 6.07) is 7.48. The molecule has 7 nitrogen and oxygen atoms in total. The van der Waals surface area contributed by atoms with Gasteiger partial charge >= 0.3 is 0 Å². The van der Waals surface area contributed by atoms with Gasteiger partial charge in [0, 0.05) is 11.3 Å². The second-order valence-electron chi connectivity index (χ2n) is 7.08. The molecule has 1 saturated heterocycles. The van der Waals surface area contributed by atoms with Crippen molar-refractivity contribution in [2.45, 2.75) is 44.6 Å². The van der Waals surface area contributed by atoms with Crippen LogP contribution in [0.5, 0.6) is 0 Å². The smallest absolute Gasteiger partial charge is 0.241 e. The third-order valence-corrected chi connectivity index (χ3v) is 5.56. The highest BCUT2D eigenvalue weighted by Gasteiger charge is 2.38. The molecular weight excluding hydrogens is 316 g/mol.